The van der Waals surface area contributed by atoms with E-state index in [2.05, 4.69) is 21.2 Å². The third-order valence-electron chi connectivity index (χ3n) is 3.12. The molecular formula is C15H13BrCl2FN. The molecule has 0 spiro atoms. The van der Waals surface area contributed by atoms with Crippen molar-refractivity contribution in [2.24, 2.45) is 0 Å². The van der Waals surface area contributed by atoms with Gasteiger partial charge in [0.15, 0.2) is 0 Å². The highest BCUT2D eigenvalue weighted by molar-refractivity contribution is 9.10. The average molecular weight is 377 g/mol. The molecular weight excluding hydrogens is 364 g/mol. The van der Waals surface area contributed by atoms with E-state index in [9.17, 15) is 4.39 Å². The van der Waals surface area contributed by atoms with Gasteiger partial charge < -0.3 is 5.32 Å². The summed E-state index contributed by atoms with van der Waals surface area (Å²) in [4.78, 5) is 0. The summed E-state index contributed by atoms with van der Waals surface area (Å²) < 4.78 is 14.3. The summed E-state index contributed by atoms with van der Waals surface area (Å²) in [6, 6.07) is 10.7. The SMILES string of the molecule is CNC(Cc1ccc(Cl)c(F)c1)c1ccc(Cl)c(Br)c1. The van der Waals surface area contributed by atoms with Crippen molar-refractivity contribution >= 4 is 39.1 Å². The van der Waals surface area contributed by atoms with Crippen LogP contribution in [-0.2, 0) is 6.42 Å². The summed E-state index contributed by atoms with van der Waals surface area (Å²) in [6.45, 7) is 0. The molecule has 20 heavy (non-hydrogen) atoms. The summed E-state index contributed by atoms with van der Waals surface area (Å²) in [7, 11) is 1.87. The van der Waals surface area contributed by atoms with Crippen LogP contribution in [0.15, 0.2) is 40.9 Å². The Morgan fingerprint density at radius 2 is 1.85 bits per heavy atom. The van der Waals surface area contributed by atoms with Gasteiger partial charge in [0.2, 0.25) is 0 Å². The van der Waals surface area contributed by atoms with Crippen LogP contribution in [0.3, 0.4) is 0 Å². The van der Waals surface area contributed by atoms with Crippen LogP contribution in [0.5, 0.6) is 0 Å². The van der Waals surface area contributed by atoms with E-state index in [4.69, 9.17) is 23.2 Å². The first-order chi connectivity index (χ1) is 9.51. The molecule has 1 nitrogen and oxygen atoms in total. The minimum Gasteiger partial charge on any atom is -0.313 e. The molecule has 0 aliphatic rings. The maximum Gasteiger partial charge on any atom is 0.142 e. The van der Waals surface area contributed by atoms with Gasteiger partial charge in [0, 0.05) is 10.5 Å². The van der Waals surface area contributed by atoms with Gasteiger partial charge in [-0.25, -0.2) is 4.39 Å². The van der Waals surface area contributed by atoms with Gasteiger partial charge in [-0.2, -0.15) is 0 Å². The van der Waals surface area contributed by atoms with E-state index in [0.717, 1.165) is 15.6 Å². The Balaban J connectivity index is 2.23. The highest BCUT2D eigenvalue weighted by atomic mass is 79.9. The Bertz CT molecular complexity index is 619. The van der Waals surface area contributed by atoms with Crippen molar-refractivity contribution in [1.29, 1.82) is 0 Å². The number of hydrogen-bond acceptors (Lipinski definition) is 1. The standard InChI is InChI=1S/C15H13BrCl2FN/c1-20-15(10-3-5-12(17)11(16)8-10)7-9-2-4-13(18)14(19)6-9/h2-6,8,15,20H,7H2,1H3. The van der Waals surface area contributed by atoms with Crippen molar-refractivity contribution in [3.8, 4) is 0 Å². The molecule has 2 rings (SSSR count). The summed E-state index contributed by atoms with van der Waals surface area (Å²) in [5.74, 6) is -0.392. The molecule has 2 aromatic rings. The minimum atomic E-state index is -0.392. The van der Waals surface area contributed by atoms with Crippen molar-refractivity contribution in [1.82, 2.24) is 5.32 Å². The van der Waals surface area contributed by atoms with Crippen LogP contribution in [0.2, 0.25) is 10.0 Å². The third-order valence-corrected chi connectivity index (χ3v) is 4.64. The van der Waals surface area contributed by atoms with Crippen LogP contribution >= 0.6 is 39.1 Å². The predicted molar refractivity (Wildman–Crippen MR) is 86.1 cm³/mol. The highest BCUT2D eigenvalue weighted by Crippen LogP contribution is 2.28. The lowest BCUT2D eigenvalue weighted by Gasteiger charge is -2.17. The van der Waals surface area contributed by atoms with Crippen LogP contribution in [0.25, 0.3) is 0 Å². The fraction of sp³-hybridized carbons (Fsp3) is 0.200. The van der Waals surface area contributed by atoms with Crippen molar-refractivity contribution < 1.29 is 4.39 Å². The first-order valence-electron chi connectivity index (χ1n) is 6.07. The first-order valence-corrected chi connectivity index (χ1v) is 7.62. The molecule has 1 N–H and O–H groups in total. The number of likely N-dealkylation sites (N-methyl/N-ethyl adjacent to an activating group) is 1. The summed E-state index contributed by atoms with van der Waals surface area (Å²) >= 11 is 15.1. The minimum absolute atomic E-state index is 0.0733. The van der Waals surface area contributed by atoms with Gasteiger partial charge in [0.25, 0.3) is 0 Å². The fourth-order valence-electron chi connectivity index (χ4n) is 2.02. The number of nitrogens with one attached hydrogen (secondary N) is 1. The molecule has 0 aliphatic heterocycles. The predicted octanol–water partition coefficient (Wildman–Crippen LogP) is 5.40. The lowest BCUT2D eigenvalue weighted by atomic mass is 9.99. The van der Waals surface area contributed by atoms with Crippen molar-refractivity contribution in [2.75, 3.05) is 7.05 Å². The first kappa shape index (κ1) is 15.8. The molecule has 1 atom stereocenters. The molecule has 0 bridgehead atoms. The number of halogens is 4. The average Bonchev–Trinajstić information content (AvgIpc) is 2.43. The molecule has 0 aromatic heterocycles. The zero-order chi connectivity index (χ0) is 14.7. The lowest BCUT2D eigenvalue weighted by molar-refractivity contribution is 0.584. The van der Waals surface area contributed by atoms with Crippen LogP contribution < -0.4 is 5.32 Å². The lowest BCUT2D eigenvalue weighted by Crippen LogP contribution is -2.18. The molecule has 106 valence electrons. The fourth-order valence-corrected chi connectivity index (χ4v) is 2.65. The molecule has 5 heteroatoms. The Labute approximate surface area is 136 Å². The molecule has 0 radical (unpaired) electrons. The van der Waals surface area contributed by atoms with E-state index in [0.29, 0.717) is 11.4 Å². The molecule has 0 amide bonds. The smallest absolute Gasteiger partial charge is 0.142 e. The van der Waals surface area contributed by atoms with Crippen LogP contribution in [-0.4, -0.2) is 7.05 Å². The monoisotopic (exact) mass is 375 g/mol. The van der Waals surface area contributed by atoms with Crippen molar-refractivity contribution in [2.45, 2.75) is 12.5 Å². The third kappa shape index (κ3) is 3.73. The molecule has 0 saturated carbocycles. The van der Waals surface area contributed by atoms with Gasteiger partial charge in [-0.15, -0.1) is 0 Å². The van der Waals surface area contributed by atoms with Crippen LogP contribution in [0.4, 0.5) is 4.39 Å². The second kappa shape index (κ2) is 6.90. The van der Waals surface area contributed by atoms with Gasteiger partial charge in [-0.1, -0.05) is 35.3 Å². The van der Waals surface area contributed by atoms with E-state index in [1.807, 2.05) is 31.3 Å². The van der Waals surface area contributed by atoms with E-state index in [1.165, 1.54) is 6.07 Å². The van der Waals surface area contributed by atoms with Gasteiger partial charge in [-0.05, 0) is 64.8 Å². The van der Waals surface area contributed by atoms with Gasteiger partial charge >= 0.3 is 0 Å². The van der Waals surface area contributed by atoms with E-state index >= 15 is 0 Å². The molecule has 0 heterocycles. The number of rotatable bonds is 4. The zero-order valence-corrected chi connectivity index (χ0v) is 13.9. The van der Waals surface area contributed by atoms with Crippen molar-refractivity contribution in [3.05, 3.63) is 67.9 Å². The maximum absolute atomic E-state index is 13.5. The molecule has 0 aliphatic carbocycles. The topological polar surface area (TPSA) is 12.0 Å². The van der Waals surface area contributed by atoms with Gasteiger partial charge in [0.05, 0.1) is 10.0 Å². The molecule has 0 saturated heterocycles. The molecule has 2 aromatic carbocycles. The van der Waals surface area contributed by atoms with Crippen LogP contribution in [0, 0.1) is 5.82 Å². The Morgan fingerprint density at radius 3 is 2.45 bits per heavy atom. The van der Waals surface area contributed by atoms with Crippen molar-refractivity contribution in [3.63, 3.8) is 0 Å². The molecule has 1 unspecified atom stereocenters. The number of hydrogen-bond donors (Lipinski definition) is 1. The quantitative estimate of drug-likeness (QED) is 0.753. The van der Waals surface area contributed by atoms with Crippen LogP contribution in [0.1, 0.15) is 17.2 Å². The van der Waals surface area contributed by atoms with Gasteiger partial charge in [0.1, 0.15) is 5.82 Å². The summed E-state index contributed by atoms with van der Waals surface area (Å²) in [5.41, 5.74) is 1.97. The summed E-state index contributed by atoms with van der Waals surface area (Å²) in [5, 5.41) is 4.04. The number of benzene rings is 2. The highest BCUT2D eigenvalue weighted by Gasteiger charge is 2.12. The largest absolute Gasteiger partial charge is 0.313 e. The maximum atomic E-state index is 13.5. The van der Waals surface area contributed by atoms with E-state index < -0.39 is 5.82 Å². The Morgan fingerprint density at radius 1 is 1.15 bits per heavy atom. The Hall–Kier alpha value is -0.610. The normalized spacial score (nSPS) is 12.4. The second-order valence-corrected chi connectivity index (χ2v) is 6.14. The van der Waals surface area contributed by atoms with E-state index in [1.54, 1.807) is 6.07 Å². The van der Waals surface area contributed by atoms with E-state index in [-0.39, 0.29) is 11.1 Å². The molecule has 0 fully saturated rings. The summed E-state index contributed by atoms with van der Waals surface area (Å²) in [6.07, 6.45) is 0.665. The van der Waals surface area contributed by atoms with Gasteiger partial charge in [-0.3, -0.25) is 0 Å². The zero-order valence-electron chi connectivity index (χ0n) is 10.8. The Kier molecular flexibility index (Phi) is 5.44. The second-order valence-electron chi connectivity index (χ2n) is 4.47.